The first-order valence-corrected chi connectivity index (χ1v) is 7.45. The summed E-state index contributed by atoms with van der Waals surface area (Å²) in [5.41, 5.74) is 14.4. The Morgan fingerprint density at radius 2 is 2.22 bits per heavy atom. The monoisotopic (exact) mass is 332 g/mol. The number of anilines is 3. The van der Waals surface area contributed by atoms with Crippen LogP contribution in [0.1, 0.15) is 23.6 Å². The van der Waals surface area contributed by atoms with Gasteiger partial charge in [0.15, 0.2) is 11.6 Å². The number of rotatable bonds is 5. The molecule has 0 amide bonds. The zero-order chi connectivity index (χ0) is 17.0. The van der Waals surface area contributed by atoms with Gasteiger partial charge in [-0.05, 0) is 25.5 Å². The van der Waals surface area contributed by atoms with Crippen LogP contribution in [-0.2, 0) is 0 Å². The summed E-state index contributed by atoms with van der Waals surface area (Å²) in [5, 5.41) is 3.10. The normalized spacial score (nSPS) is 11.0. The van der Waals surface area contributed by atoms with Crippen molar-refractivity contribution in [2.45, 2.75) is 13.8 Å². The van der Waals surface area contributed by atoms with Crippen molar-refractivity contribution in [1.29, 1.82) is 0 Å². The molecular formula is C15H18FN6P. The van der Waals surface area contributed by atoms with Crippen molar-refractivity contribution in [1.82, 2.24) is 9.97 Å². The molecule has 2 aromatic rings. The van der Waals surface area contributed by atoms with Crippen LogP contribution in [0.2, 0.25) is 0 Å². The molecule has 0 spiro atoms. The number of aromatic nitrogens is 2. The molecule has 0 bridgehead atoms. The highest BCUT2D eigenvalue weighted by molar-refractivity contribution is 7.21. The van der Waals surface area contributed by atoms with E-state index in [0.29, 0.717) is 23.6 Å². The molecule has 2 rings (SSSR count). The van der Waals surface area contributed by atoms with Gasteiger partial charge in [0, 0.05) is 35.5 Å². The van der Waals surface area contributed by atoms with Crippen molar-refractivity contribution in [3.63, 3.8) is 0 Å². The summed E-state index contributed by atoms with van der Waals surface area (Å²) in [7, 11) is 3.20. The highest BCUT2D eigenvalue weighted by Crippen LogP contribution is 2.25. The van der Waals surface area contributed by atoms with E-state index in [1.807, 2.05) is 13.8 Å². The SMILES string of the molecule is CC/N=C\c1c(C)cncc1Nc1nc(N)c(F)cc1C(N)=P. The summed E-state index contributed by atoms with van der Waals surface area (Å²) in [6.07, 6.45) is 5.13. The second kappa shape index (κ2) is 7.26. The zero-order valence-corrected chi connectivity index (χ0v) is 13.9. The number of hydrogen-bond donors (Lipinski definition) is 3. The first-order valence-electron chi connectivity index (χ1n) is 6.95. The molecule has 0 radical (unpaired) electrons. The van der Waals surface area contributed by atoms with Gasteiger partial charge in [0.25, 0.3) is 0 Å². The van der Waals surface area contributed by atoms with E-state index in [9.17, 15) is 4.39 Å². The average molecular weight is 332 g/mol. The molecule has 0 saturated heterocycles. The number of aryl methyl sites for hydroxylation is 1. The molecule has 23 heavy (non-hydrogen) atoms. The molecule has 8 heteroatoms. The third-order valence-corrected chi connectivity index (χ3v) is 3.41. The number of hydrogen-bond acceptors (Lipinski definition) is 5. The molecule has 0 saturated carbocycles. The Hall–Kier alpha value is -2.37. The van der Waals surface area contributed by atoms with E-state index < -0.39 is 5.82 Å². The molecule has 0 aliphatic heterocycles. The highest BCUT2D eigenvalue weighted by Gasteiger charge is 2.13. The molecule has 2 heterocycles. The maximum absolute atomic E-state index is 13.6. The van der Waals surface area contributed by atoms with Crippen LogP contribution in [0.5, 0.6) is 0 Å². The van der Waals surface area contributed by atoms with E-state index in [1.54, 1.807) is 18.6 Å². The Balaban J connectivity index is 2.52. The Morgan fingerprint density at radius 3 is 2.87 bits per heavy atom. The van der Waals surface area contributed by atoms with Crippen molar-refractivity contribution >= 4 is 37.8 Å². The minimum Gasteiger partial charge on any atom is -0.381 e. The standard InChI is InChI=1S/C15H18FN6P/c1-3-19-6-10-8(2)5-20-7-12(10)21-15-9(14(18)23)4-11(16)13(17)22-15/h4-7,23H,3,18H2,1-2H3,(H3,17,21,22)/b19-6-. The molecule has 6 nitrogen and oxygen atoms in total. The van der Waals surface area contributed by atoms with Crippen LogP contribution < -0.4 is 16.8 Å². The van der Waals surface area contributed by atoms with Gasteiger partial charge in [-0.15, -0.1) is 8.86 Å². The summed E-state index contributed by atoms with van der Waals surface area (Å²) in [5.74, 6) is -0.523. The maximum atomic E-state index is 13.6. The number of nitrogens with two attached hydrogens (primary N) is 2. The smallest absolute Gasteiger partial charge is 0.166 e. The predicted octanol–water partition coefficient (Wildman–Crippen LogP) is 2.27. The Kier molecular flexibility index (Phi) is 5.36. The second-order valence-corrected chi connectivity index (χ2v) is 5.37. The van der Waals surface area contributed by atoms with Crippen LogP contribution in [-0.4, -0.2) is 28.1 Å². The lowest BCUT2D eigenvalue weighted by Gasteiger charge is -2.14. The van der Waals surface area contributed by atoms with E-state index in [0.717, 1.165) is 11.1 Å². The van der Waals surface area contributed by atoms with E-state index in [4.69, 9.17) is 11.5 Å². The van der Waals surface area contributed by atoms with Gasteiger partial charge in [-0.1, -0.05) is 0 Å². The van der Waals surface area contributed by atoms with Crippen LogP contribution in [0.25, 0.3) is 0 Å². The summed E-state index contributed by atoms with van der Waals surface area (Å²) in [6.45, 7) is 4.53. The number of halogens is 1. The molecule has 0 aromatic carbocycles. The fraction of sp³-hybridized carbons (Fsp3) is 0.200. The van der Waals surface area contributed by atoms with Gasteiger partial charge in [0.2, 0.25) is 0 Å². The lowest BCUT2D eigenvalue weighted by molar-refractivity contribution is 0.627. The quantitative estimate of drug-likeness (QED) is 0.576. The molecule has 0 aliphatic rings. The van der Waals surface area contributed by atoms with E-state index >= 15 is 0 Å². The van der Waals surface area contributed by atoms with Gasteiger partial charge in [0.1, 0.15) is 5.82 Å². The predicted molar refractivity (Wildman–Crippen MR) is 95.6 cm³/mol. The van der Waals surface area contributed by atoms with Gasteiger partial charge in [0.05, 0.1) is 11.9 Å². The van der Waals surface area contributed by atoms with E-state index in [-0.39, 0.29) is 11.2 Å². The minimum atomic E-state index is -0.637. The topological polar surface area (TPSA) is 102 Å². The maximum Gasteiger partial charge on any atom is 0.166 e. The number of nitrogens with zero attached hydrogens (tertiary/aromatic N) is 3. The minimum absolute atomic E-state index is 0.214. The Morgan fingerprint density at radius 1 is 1.48 bits per heavy atom. The summed E-state index contributed by atoms with van der Waals surface area (Å²) in [6, 6.07) is 1.22. The van der Waals surface area contributed by atoms with Crippen molar-refractivity contribution in [2.75, 3.05) is 17.6 Å². The van der Waals surface area contributed by atoms with Crippen molar-refractivity contribution < 1.29 is 4.39 Å². The van der Waals surface area contributed by atoms with Gasteiger partial charge >= 0.3 is 0 Å². The number of pyridine rings is 2. The average Bonchev–Trinajstić information content (AvgIpc) is 2.50. The van der Waals surface area contributed by atoms with E-state index in [2.05, 4.69) is 29.1 Å². The Bertz CT molecular complexity index is 775. The van der Waals surface area contributed by atoms with Gasteiger partial charge < -0.3 is 11.1 Å². The van der Waals surface area contributed by atoms with Crippen LogP contribution >= 0.6 is 8.86 Å². The molecular weight excluding hydrogens is 314 g/mol. The van der Waals surface area contributed by atoms with Crippen LogP contribution in [0.4, 0.5) is 21.7 Å². The lowest BCUT2D eigenvalue weighted by atomic mass is 10.1. The molecule has 0 aliphatic carbocycles. The zero-order valence-electron chi connectivity index (χ0n) is 12.9. The van der Waals surface area contributed by atoms with Crippen LogP contribution in [0.15, 0.2) is 23.5 Å². The van der Waals surface area contributed by atoms with Crippen molar-refractivity contribution in [3.05, 3.63) is 41.0 Å². The first kappa shape index (κ1) is 17.0. The Labute approximate surface area is 136 Å². The second-order valence-electron chi connectivity index (χ2n) is 4.84. The fourth-order valence-corrected chi connectivity index (χ4v) is 2.15. The van der Waals surface area contributed by atoms with Crippen molar-refractivity contribution in [2.24, 2.45) is 10.7 Å². The summed E-state index contributed by atoms with van der Waals surface area (Å²) >= 11 is 0. The fourth-order valence-electron chi connectivity index (χ4n) is 1.96. The van der Waals surface area contributed by atoms with Crippen LogP contribution in [0, 0.1) is 12.7 Å². The highest BCUT2D eigenvalue weighted by atomic mass is 31.0. The summed E-state index contributed by atoms with van der Waals surface area (Å²) in [4.78, 5) is 12.4. The molecule has 5 N–H and O–H groups in total. The van der Waals surface area contributed by atoms with Gasteiger partial charge in [-0.3, -0.25) is 15.7 Å². The van der Waals surface area contributed by atoms with Crippen molar-refractivity contribution in [3.8, 4) is 0 Å². The molecule has 0 fully saturated rings. The third kappa shape index (κ3) is 3.88. The molecule has 0 unspecified atom stereocenters. The largest absolute Gasteiger partial charge is 0.381 e. The first-order chi connectivity index (χ1) is 10.9. The molecule has 0 atom stereocenters. The van der Waals surface area contributed by atoms with Crippen LogP contribution in [0.3, 0.4) is 0 Å². The van der Waals surface area contributed by atoms with Gasteiger partial charge in [-0.2, -0.15) is 0 Å². The molecule has 120 valence electrons. The number of nitrogen functional groups attached to an aromatic ring is 1. The molecule has 2 aromatic heterocycles. The lowest BCUT2D eigenvalue weighted by Crippen LogP contribution is -2.15. The third-order valence-electron chi connectivity index (χ3n) is 3.14. The van der Waals surface area contributed by atoms with Gasteiger partial charge in [-0.25, -0.2) is 9.37 Å². The number of aliphatic imine (C=N–C) groups is 1. The summed E-state index contributed by atoms with van der Waals surface area (Å²) < 4.78 is 13.6. The number of nitrogens with one attached hydrogen (secondary N) is 1. The van der Waals surface area contributed by atoms with E-state index in [1.165, 1.54) is 6.07 Å².